The van der Waals surface area contributed by atoms with Gasteiger partial charge in [0.2, 0.25) is 0 Å². The van der Waals surface area contributed by atoms with Gasteiger partial charge in [0.25, 0.3) is 5.91 Å². The van der Waals surface area contributed by atoms with Crippen LogP contribution < -0.4 is 10.6 Å². The van der Waals surface area contributed by atoms with Gasteiger partial charge in [0.1, 0.15) is 11.5 Å². The minimum atomic E-state index is -0.247. The summed E-state index contributed by atoms with van der Waals surface area (Å²) in [4.78, 5) is 16.3. The maximum absolute atomic E-state index is 13.6. The molecule has 24 heavy (non-hydrogen) atoms. The lowest BCUT2D eigenvalue weighted by atomic mass is 10.1. The van der Waals surface area contributed by atoms with Crippen molar-refractivity contribution in [1.82, 2.24) is 15.6 Å². The van der Waals surface area contributed by atoms with Crippen molar-refractivity contribution in [2.45, 2.75) is 26.3 Å². The highest BCUT2D eigenvalue weighted by Crippen LogP contribution is 2.17. The Kier molecular flexibility index (Phi) is 10.8. The molecule has 0 unspecified atom stereocenters. The number of amides is 1. The van der Waals surface area contributed by atoms with Gasteiger partial charge in [0.15, 0.2) is 0 Å². The number of nitrogens with one attached hydrogen (secondary N) is 2. The second kappa shape index (κ2) is 11.4. The van der Waals surface area contributed by atoms with E-state index in [4.69, 9.17) is 0 Å². The maximum Gasteiger partial charge on any atom is 0.270 e. The first-order valence-electron chi connectivity index (χ1n) is 7.29. The fraction of sp³-hybridized carbons (Fsp3) is 0.375. The zero-order chi connectivity index (χ0) is 15.9. The number of nitrogens with zero attached hydrogens (tertiary/aromatic N) is 1. The standard InChI is InChI=1S/C16H20FN3OS.2ClH/c1-3-18-11(2)9-19-16(21)14-10-22-15(20-14)8-12-6-4-5-7-13(12)17;;/h4-7,10-11,18H,3,8-9H2,1-2H3,(H,19,21);2*1H/t11-;;/m1../s1. The molecule has 0 radical (unpaired) electrons. The quantitative estimate of drug-likeness (QED) is 0.757. The summed E-state index contributed by atoms with van der Waals surface area (Å²) >= 11 is 1.37. The molecule has 1 heterocycles. The van der Waals surface area contributed by atoms with Crippen molar-refractivity contribution in [3.05, 3.63) is 51.7 Å². The van der Waals surface area contributed by atoms with Crippen molar-refractivity contribution >= 4 is 42.1 Å². The molecule has 1 atom stereocenters. The molecule has 1 amide bonds. The van der Waals surface area contributed by atoms with Crippen LogP contribution in [0.5, 0.6) is 0 Å². The molecular formula is C16H22Cl2FN3OS. The van der Waals surface area contributed by atoms with Crippen LogP contribution in [0.3, 0.4) is 0 Å². The molecule has 134 valence electrons. The van der Waals surface area contributed by atoms with Gasteiger partial charge in [-0.15, -0.1) is 36.2 Å². The molecule has 2 aromatic rings. The van der Waals surface area contributed by atoms with Crippen LogP contribution in [0.1, 0.15) is 34.9 Å². The Balaban J connectivity index is 0.00000264. The van der Waals surface area contributed by atoms with Gasteiger partial charge in [-0.1, -0.05) is 25.1 Å². The maximum atomic E-state index is 13.6. The van der Waals surface area contributed by atoms with Crippen LogP contribution in [-0.2, 0) is 6.42 Å². The van der Waals surface area contributed by atoms with Crippen molar-refractivity contribution in [3.63, 3.8) is 0 Å². The molecule has 4 nitrogen and oxygen atoms in total. The highest BCUT2D eigenvalue weighted by Gasteiger charge is 2.12. The number of carbonyl (C=O) groups is 1. The van der Waals surface area contributed by atoms with Gasteiger partial charge in [-0.25, -0.2) is 9.37 Å². The number of rotatable bonds is 7. The Morgan fingerprint density at radius 3 is 2.71 bits per heavy atom. The third kappa shape index (κ3) is 6.73. The Morgan fingerprint density at radius 2 is 2.04 bits per heavy atom. The molecule has 0 saturated heterocycles. The van der Waals surface area contributed by atoms with Crippen LogP contribution in [0.25, 0.3) is 0 Å². The number of thiazole rings is 1. The minimum absolute atomic E-state index is 0. The number of aromatic nitrogens is 1. The average Bonchev–Trinajstić information content (AvgIpc) is 2.96. The van der Waals surface area contributed by atoms with E-state index in [9.17, 15) is 9.18 Å². The normalized spacial score (nSPS) is 11.1. The highest BCUT2D eigenvalue weighted by molar-refractivity contribution is 7.09. The fourth-order valence-corrected chi connectivity index (χ4v) is 2.86. The summed E-state index contributed by atoms with van der Waals surface area (Å²) in [5.41, 5.74) is 0.976. The van der Waals surface area contributed by atoms with Gasteiger partial charge < -0.3 is 10.6 Å². The van der Waals surface area contributed by atoms with Gasteiger partial charge in [-0.2, -0.15) is 0 Å². The zero-order valence-corrected chi connectivity index (χ0v) is 16.0. The lowest BCUT2D eigenvalue weighted by Gasteiger charge is -2.12. The molecule has 0 spiro atoms. The number of hydrogen-bond acceptors (Lipinski definition) is 4. The number of halogens is 3. The molecule has 0 bridgehead atoms. The van der Waals surface area contributed by atoms with E-state index >= 15 is 0 Å². The largest absolute Gasteiger partial charge is 0.349 e. The molecule has 2 rings (SSSR count). The van der Waals surface area contributed by atoms with Gasteiger partial charge in [-0.05, 0) is 25.1 Å². The van der Waals surface area contributed by atoms with E-state index in [-0.39, 0.29) is 42.6 Å². The summed E-state index contributed by atoms with van der Waals surface area (Å²) in [6, 6.07) is 6.82. The summed E-state index contributed by atoms with van der Waals surface area (Å²) in [5, 5.41) is 8.51. The molecule has 0 aliphatic rings. The minimum Gasteiger partial charge on any atom is -0.349 e. The smallest absolute Gasteiger partial charge is 0.270 e. The topological polar surface area (TPSA) is 54.0 Å². The van der Waals surface area contributed by atoms with Crippen molar-refractivity contribution in [1.29, 1.82) is 0 Å². The van der Waals surface area contributed by atoms with E-state index in [0.717, 1.165) is 11.6 Å². The Labute approximate surface area is 158 Å². The number of benzene rings is 1. The molecule has 0 aliphatic carbocycles. The summed E-state index contributed by atoms with van der Waals surface area (Å²) < 4.78 is 13.6. The van der Waals surface area contributed by atoms with E-state index in [1.165, 1.54) is 17.4 Å². The monoisotopic (exact) mass is 393 g/mol. The first-order valence-corrected chi connectivity index (χ1v) is 8.17. The van der Waals surface area contributed by atoms with Crippen molar-refractivity contribution in [2.24, 2.45) is 0 Å². The summed E-state index contributed by atoms with van der Waals surface area (Å²) in [5.74, 6) is -0.441. The van der Waals surface area contributed by atoms with E-state index in [2.05, 4.69) is 15.6 Å². The fourth-order valence-electron chi connectivity index (χ4n) is 2.06. The van der Waals surface area contributed by atoms with Crippen LogP contribution in [0.2, 0.25) is 0 Å². The first kappa shape index (κ1) is 22.8. The highest BCUT2D eigenvalue weighted by atomic mass is 35.5. The summed E-state index contributed by atoms with van der Waals surface area (Å²) in [7, 11) is 0. The van der Waals surface area contributed by atoms with E-state index < -0.39 is 0 Å². The molecule has 1 aromatic carbocycles. The van der Waals surface area contributed by atoms with Gasteiger partial charge in [-0.3, -0.25) is 4.79 Å². The molecule has 1 aromatic heterocycles. The summed E-state index contributed by atoms with van der Waals surface area (Å²) in [6.45, 7) is 5.44. The lowest BCUT2D eigenvalue weighted by Crippen LogP contribution is -2.38. The van der Waals surface area contributed by atoms with Gasteiger partial charge >= 0.3 is 0 Å². The third-order valence-electron chi connectivity index (χ3n) is 3.21. The summed E-state index contributed by atoms with van der Waals surface area (Å²) in [6.07, 6.45) is 0.401. The predicted octanol–water partition coefficient (Wildman–Crippen LogP) is 3.44. The SMILES string of the molecule is CCN[C@H](C)CNC(=O)c1csc(Cc2ccccc2F)n1.Cl.Cl. The number of hydrogen-bond donors (Lipinski definition) is 2. The van der Waals surface area contributed by atoms with Gasteiger partial charge in [0.05, 0.1) is 5.01 Å². The van der Waals surface area contributed by atoms with Crippen molar-refractivity contribution in [2.75, 3.05) is 13.1 Å². The van der Waals surface area contributed by atoms with E-state index in [1.807, 2.05) is 13.8 Å². The molecule has 0 saturated carbocycles. The third-order valence-corrected chi connectivity index (χ3v) is 4.05. The molecule has 2 N–H and O–H groups in total. The first-order chi connectivity index (χ1) is 10.6. The molecular weight excluding hydrogens is 372 g/mol. The number of carbonyl (C=O) groups excluding carboxylic acids is 1. The van der Waals surface area contributed by atoms with Crippen molar-refractivity contribution < 1.29 is 9.18 Å². The molecule has 0 fully saturated rings. The molecule has 8 heteroatoms. The Morgan fingerprint density at radius 1 is 1.33 bits per heavy atom. The average molecular weight is 394 g/mol. The van der Waals surface area contributed by atoms with Crippen LogP contribution in [-0.4, -0.2) is 30.0 Å². The van der Waals surface area contributed by atoms with Crippen LogP contribution >= 0.6 is 36.2 Å². The van der Waals surface area contributed by atoms with Crippen LogP contribution in [0.4, 0.5) is 4.39 Å². The Hall–Kier alpha value is -1.21. The second-order valence-electron chi connectivity index (χ2n) is 5.06. The second-order valence-corrected chi connectivity index (χ2v) is 6.01. The predicted molar refractivity (Wildman–Crippen MR) is 101 cm³/mol. The van der Waals surface area contributed by atoms with E-state index in [1.54, 1.807) is 23.6 Å². The Bertz CT molecular complexity index is 639. The number of likely N-dealkylation sites (N-methyl/N-ethyl adjacent to an activating group) is 1. The van der Waals surface area contributed by atoms with E-state index in [0.29, 0.717) is 24.2 Å². The van der Waals surface area contributed by atoms with Crippen LogP contribution in [0, 0.1) is 5.82 Å². The van der Waals surface area contributed by atoms with Crippen molar-refractivity contribution in [3.8, 4) is 0 Å². The van der Waals surface area contributed by atoms with Gasteiger partial charge in [0, 0.05) is 24.4 Å². The van der Waals surface area contributed by atoms with Crippen LogP contribution in [0.15, 0.2) is 29.6 Å². The zero-order valence-electron chi connectivity index (χ0n) is 13.5. The molecule has 0 aliphatic heterocycles. The lowest BCUT2D eigenvalue weighted by molar-refractivity contribution is 0.0946.